The fourth-order valence-corrected chi connectivity index (χ4v) is 3.69. The molecule has 0 unspecified atom stereocenters. The Labute approximate surface area is 110 Å². The summed E-state index contributed by atoms with van der Waals surface area (Å²) in [4.78, 5) is 14.4. The first-order chi connectivity index (χ1) is 8.96. The van der Waals surface area contributed by atoms with Gasteiger partial charge in [-0.3, -0.25) is 0 Å². The molecule has 8 heteroatoms. The molecule has 7 nitrogen and oxygen atoms in total. The molecular formula is C11H14N2O5S. The van der Waals surface area contributed by atoms with E-state index >= 15 is 0 Å². The molecule has 0 aliphatic carbocycles. The van der Waals surface area contributed by atoms with Crippen LogP contribution in [0.1, 0.15) is 23.2 Å². The number of carboxylic acids is 1. The summed E-state index contributed by atoms with van der Waals surface area (Å²) < 4.78 is 25.8. The maximum Gasteiger partial charge on any atom is 0.337 e. The second-order valence-electron chi connectivity index (χ2n) is 4.28. The normalized spacial score (nSPS) is 20.6. The number of rotatable bonds is 4. The van der Waals surface area contributed by atoms with Crippen LogP contribution in [0.5, 0.6) is 0 Å². The van der Waals surface area contributed by atoms with E-state index < -0.39 is 22.0 Å². The Hall–Kier alpha value is -1.51. The Morgan fingerprint density at radius 3 is 2.74 bits per heavy atom. The van der Waals surface area contributed by atoms with Crippen molar-refractivity contribution >= 4 is 16.0 Å². The van der Waals surface area contributed by atoms with Gasteiger partial charge in [0.1, 0.15) is 0 Å². The molecule has 2 rings (SSSR count). The minimum absolute atomic E-state index is 0.0703. The zero-order chi connectivity index (χ0) is 14.0. The van der Waals surface area contributed by atoms with Gasteiger partial charge in [-0.2, -0.15) is 4.31 Å². The number of aromatic nitrogens is 1. The average molecular weight is 286 g/mol. The molecule has 0 bridgehead atoms. The zero-order valence-electron chi connectivity index (χ0n) is 10.1. The number of aromatic carboxylic acids is 1. The van der Waals surface area contributed by atoms with E-state index in [2.05, 4.69) is 4.98 Å². The highest BCUT2D eigenvalue weighted by atomic mass is 32.2. The SMILES string of the molecule is O=C(O)c1ccc(S(=O)(=O)N2CCC[C@@H]2CO)nc1. The van der Waals surface area contributed by atoms with Crippen molar-refractivity contribution in [1.29, 1.82) is 0 Å². The lowest BCUT2D eigenvalue weighted by Crippen LogP contribution is -2.37. The fourth-order valence-electron chi connectivity index (χ4n) is 2.09. The number of nitrogens with zero attached hydrogens (tertiary/aromatic N) is 2. The first-order valence-electron chi connectivity index (χ1n) is 5.79. The Morgan fingerprint density at radius 2 is 2.21 bits per heavy atom. The molecule has 19 heavy (non-hydrogen) atoms. The summed E-state index contributed by atoms with van der Waals surface area (Å²) in [6, 6.07) is 1.95. The van der Waals surface area contributed by atoms with Crippen LogP contribution in [0.3, 0.4) is 0 Å². The molecule has 0 aromatic carbocycles. The zero-order valence-corrected chi connectivity index (χ0v) is 10.9. The van der Waals surface area contributed by atoms with E-state index in [1.165, 1.54) is 16.4 Å². The molecular weight excluding hydrogens is 272 g/mol. The van der Waals surface area contributed by atoms with Gasteiger partial charge in [-0.25, -0.2) is 18.2 Å². The van der Waals surface area contributed by atoms with E-state index in [1.807, 2.05) is 0 Å². The fraction of sp³-hybridized carbons (Fsp3) is 0.455. The summed E-state index contributed by atoms with van der Waals surface area (Å²) in [7, 11) is -3.77. The second kappa shape index (κ2) is 5.24. The summed E-state index contributed by atoms with van der Waals surface area (Å²) in [5.41, 5.74) is -0.0703. The smallest absolute Gasteiger partial charge is 0.337 e. The molecule has 1 fully saturated rings. The average Bonchev–Trinajstić information content (AvgIpc) is 2.87. The number of carboxylic acid groups (broad SMARTS) is 1. The lowest BCUT2D eigenvalue weighted by Gasteiger charge is -2.21. The molecule has 1 aliphatic heterocycles. The monoisotopic (exact) mass is 286 g/mol. The number of sulfonamides is 1. The Bertz CT molecular complexity index is 569. The third-order valence-electron chi connectivity index (χ3n) is 3.09. The number of carbonyl (C=O) groups is 1. The molecule has 0 spiro atoms. The van der Waals surface area contributed by atoms with Gasteiger partial charge in [0.2, 0.25) is 0 Å². The molecule has 1 atom stereocenters. The number of aliphatic hydroxyl groups excluding tert-OH is 1. The first-order valence-corrected chi connectivity index (χ1v) is 7.23. The summed E-state index contributed by atoms with van der Waals surface area (Å²) in [5, 5.41) is 17.7. The van der Waals surface area contributed by atoms with Crippen LogP contribution in [0.2, 0.25) is 0 Å². The number of hydrogen-bond donors (Lipinski definition) is 2. The predicted octanol–water partition coefficient (Wildman–Crippen LogP) is -0.0748. The number of aliphatic hydroxyl groups is 1. The molecule has 0 radical (unpaired) electrons. The third kappa shape index (κ3) is 2.60. The van der Waals surface area contributed by atoms with Crippen molar-refractivity contribution in [3.05, 3.63) is 23.9 Å². The van der Waals surface area contributed by atoms with Gasteiger partial charge >= 0.3 is 5.97 Å². The molecule has 2 heterocycles. The Balaban J connectivity index is 2.31. The summed E-state index contributed by atoms with van der Waals surface area (Å²) in [5.74, 6) is -1.16. The number of pyridine rings is 1. The number of hydrogen-bond acceptors (Lipinski definition) is 5. The van der Waals surface area contributed by atoms with Gasteiger partial charge in [-0.1, -0.05) is 0 Å². The van der Waals surface area contributed by atoms with Crippen LogP contribution in [-0.2, 0) is 10.0 Å². The van der Waals surface area contributed by atoms with Crippen molar-refractivity contribution in [3.63, 3.8) is 0 Å². The summed E-state index contributed by atoms with van der Waals surface area (Å²) in [6.45, 7) is 0.113. The van der Waals surface area contributed by atoms with Gasteiger partial charge in [-0.05, 0) is 25.0 Å². The second-order valence-corrected chi connectivity index (χ2v) is 6.12. The van der Waals surface area contributed by atoms with Gasteiger partial charge in [0, 0.05) is 18.8 Å². The maximum absolute atomic E-state index is 12.3. The molecule has 1 aromatic rings. The van der Waals surface area contributed by atoms with E-state index in [4.69, 9.17) is 10.2 Å². The Kier molecular flexibility index (Phi) is 3.83. The van der Waals surface area contributed by atoms with Crippen molar-refractivity contribution in [3.8, 4) is 0 Å². The van der Waals surface area contributed by atoms with Crippen molar-refractivity contribution < 1.29 is 23.4 Å². The van der Waals surface area contributed by atoms with Crippen molar-refractivity contribution in [1.82, 2.24) is 9.29 Å². The van der Waals surface area contributed by atoms with Crippen LogP contribution in [-0.4, -0.2) is 53.1 Å². The standard InChI is InChI=1S/C11H14N2O5S/c14-7-9-2-1-5-13(9)19(17,18)10-4-3-8(6-12-10)11(15)16/h3-4,6,9,14H,1-2,5,7H2,(H,15,16)/t9-/m1/s1. The minimum atomic E-state index is -3.77. The van der Waals surface area contributed by atoms with Crippen molar-refractivity contribution in [2.24, 2.45) is 0 Å². The third-order valence-corrected chi connectivity index (χ3v) is 4.96. The van der Waals surface area contributed by atoms with Gasteiger partial charge in [0.05, 0.1) is 12.2 Å². The molecule has 0 amide bonds. The van der Waals surface area contributed by atoms with Crippen LogP contribution >= 0.6 is 0 Å². The van der Waals surface area contributed by atoms with E-state index in [0.29, 0.717) is 19.4 Å². The summed E-state index contributed by atoms with van der Waals surface area (Å²) in [6.07, 6.45) is 2.32. The largest absolute Gasteiger partial charge is 0.478 e. The van der Waals surface area contributed by atoms with Crippen LogP contribution in [0.4, 0.5) is 0 Å². The quantitative estimate of drug-likeness (QED) is 0.802. The van der Waals surface area contributed by atoms with Gasteiger partial charge in [0.15, 0.2) is 5.03 Å². The van der Waals surface area contributed by atoms with Crippen LogP contribution < -0.4 is 0 Å². The summed E-state index contributed by atoms with van der Waals surface area (Å²) >= 11 is 0. The highest BCUT2D eigenvalue weighted by molar-refractivity contribution is 7.89. The molecule has 0 saturated carbocycles. The van der Waals surface area contributed by atoms with Gasteiger partial charge in [0.25, 0.3) is 10.0 Å². The molecule has 104 valence electrons. The van der Waals surface area contributed by atoms with E-state index in [1.54, 1.807) is 0 Å². The maximum atomic E-state index is 12.3. The van der Waals surface area contributed by atoms with Crippen LogP contribution in [0, 0.1) is 0 Å². The van der Waals surface area contributed by atoms with E-state index in [0.717, 1.165) is 6.20 Å². The minimum Gasteiger partial charge on any atom is -0.478 e. The first kappa shape index (κ1) is 13.9. The van der Waals surface area contributed by atoms with E-state index in [9.17, 15) is 13.2 Å². The van der Waals surface area contributed by atoms with Crippen LogP contribution in [0.15, 0.2) is 23.4 Å². The van der Waals surface area contributed by atoms with E-state index in [-0.39, 0.29) is 17.2 Å². The lowest BCUT2D eigenvalue weighted by molar-refractivity contribution is 0.0696. The molecule has 2 N–H and O–H groups in total. The van der Waals surface area contributed by atoms with Gasteiger partial charge in [-0.15, -0.1) is 0 Å². The molecule has 1 aromatic heterocycles. The topological polar surface area (TPSA) is 108 Å². The molecule has 1 aliphatic rings. The van der Waals surface area contributed by atoms with Crippen LogP contribution in [0.25, 0.3) is 0 Å². The lowest BCUT2D eigenvalue weighted by atomic mass is 10.2. The van der Waals surface area contributed by atoms with Crippen molar-refractivity contribution in [2.45, 2.75) is 23.9 Å². The van der Waals surface area contributed by atoms with Crippen molar-refractivity contribution in [2.75, 3.05) is 13.2 Å². The molecule has 1 saturated heterocycles. The Morgan fingerprint density at radius 1 is 1.47 bits per heavy atom. The highest BCUT2D eigenvalue weighted by Gasteiger charge is 2.35. The highest BCUT2D eigenvalue weighted by Crippen LogP contribution is 2.24. The predicted molar refractivity (Wildman–Crippen MR) is 65.2 cm³/mol. The van der Waals surface area contributed by atoms with Gasteiger partial charge < -0.3 is 10.2 Å².